The van der Waals surface area contributed by atoms with Crippen LogP contribution in [-0.2, 0) is 10.0 Å². The Morgan fingerprint density at radius 3 is 2.75 bits per heavy atom. The molecule has 94 valence electrons. The molecule has 0 spiro atoms. The molecule has 0 aromatic rings. The van der Waals surface area contributed by atoms with Gasteiger partial charge in [-0.2, -0.15) is 0 Å². The first-order chi connectivity index (χ1) is 7.61. The average Bonchev–Trinajstić information content (AvgIpc) is 2.85. The molecule has 2 rings (SSSR count). The van der Waals surface area contributed by atoms with Crippen LogP contribution in [0.3, 0.4) is 0 Å². The van der Waals surface area contributed by atoms with Crippen molar-refractivity contribution in [2.75, 3.05) is 12.3 Å². The standard InChI is InChI=1S/C11H22N2O2S/c1-2-3-6-16(14,15)12-8-9-7-10-4-5-11(9)13-10/h9-13H,2-8H2,1H3. The third-order valence-corrected chi connectivity index (χ3v) is 5.20. The molecule has 0 aromatic carbocycles. The van der Waals surface area contributed by atoms with Crippen molar-refractivity contribution in [2.45, 2.75) is 51.1 Å². The lowest BCUT2D eigenvalue weighted by molar-refractivity contribution is 0.402. The second-order valence-electron chi connectivity index (χ2n) is 5.06. The Morgan fingerprint density at radius 2 is 2.19 bits per heavy atom. The van der Waals surface area contributed by atoms with Gasteiger partial charge in [-0.25, -0.2) is 13.1 Å². The molecule has 0 saturated carbocycles. The number of hydrogen-bond acceptors (Lipinski definition) is 3. The van der Waals surface area contributed by atoms with Crippen LogP contribution in [0.25, 0.3) is 0 Å². The largest absolute Gasteiger partial charge is 0.311 e. The minimum Gasteiger partial charge on any atom is -0.311 e. The maximum atomic E-state index is 11.6. The van der Waals surface area contributed by atoms with Gasteiger partial charge in [-0.15, -0.1) is 0 Å². The van der Waals surface area contributed by atoms with Crippen LogP contribution in [0.15, 0.2) is 0 Å². The van der Waals surface area contributed by atoms with Crippen LogP contribution >= 0.6 is 0 Å². The number of nitrogens with one attached hydrogen (secondary N) is 2. The third kappa shape index (κ3) is 2.96. The van der Waals surface area contributed by atoms with E-state index in [0.29, 0.717) is 24.5 Å². The van der Waals surface area contributed by atoms with Crippen LogP contribution in [0.4, 0.5) is 0 Å². The van der Waals surface area contributed by atoms with Crippen LogP contribution < -0.4 is 10.0 Å². The van der Waals surface area contributed by atoms with E-state index in [1.165, 1.54) is 12.8 Å². The lowest BCUT2D eigenvalue weighted by atomic mass is 9.89. The topological polar surface area (TPSA) is 58.2 Å². The molecule has 0 aliphatic carbocycles. The summed E-state index contributed by atoms with van der Waals surface area (Å²) in [6.45, 7) is 2.63. The predicted octanol–water partition coefficient (Wildman–Crippen LogP) is 0.846. The molecule has 3 atom stereocenters. The van der Waals surface area contributed by atoms with Crippen LogP contribution in [0.5, 0.6) is 0 Å². The van der Waals surface area contributed by atoms with Crippen molar-refractivity contribution in [2.24, 2.45) is 5.92 Å². The van der Waals surface area contributed by atoms with Crippen molar-refractivity contribution in [1.29, 1.82) is 0 Å². The summed E-state index contributed by atoms with van der Waals surface area (Å²) < 4.78 is 26.0. The molecule has 4 nitrogen and oxygen atoms in total. The summed E-state index contributed by atoms with van der Waals surface area (Å²) >= 11 is 0. The lowest BCUT2D eigenvalue weighted by Crippen LogP contribution is -2.36. The van der Waals surface area contributed by atoms with Crippen molar-refractivity contribution in [3.05, 3.63) is 0 Å². The molecule has 2 heterocycles. The zero-order valence-corrected chi connectivity index (χ0v) is 10.7. The highest BCUT2D eigenvalue weighted by atomic mass is 32.2. The normalized spacial score (nSPS) is 33.4. The van der Waals surface area contributed by atoms with Gasteiger partial charge >= 0.3 is 0 Å². The highest BCUT2D eigenvalue weighted by Gasteiger charge is 2.38. The smallest absolute Gasteiger partial charge is 0.211 e. The SMILES string of the molecule is CCCCS(=O)(=O)NCC1CC2CCC1N2. The van der Waals surface area contributed by atoms with Gasteiger partial charge in [0, 0.05) is 18.6 Å². The molecule has 0 radical (unpaired) electrons. The maximum Gasteiger partial charge on any atom is 0.211 e. The Balaban J connectivity index is 1.75. The van der Waals surface area contributed by atoms with Crippen molar-refractivity contribution in [1.82, 2.24) is 10.0 Å². The van der Waals surface area contributed by atoms with Crippen molar-refractivity contribution in [3.63, 3.8) is 0 Å². The van der Waals surface area contributed by atoms with Crippen molar-refractivity contribution < 1.29 is 8.42 Å². The van der Waals surface area contributed by atoms with Gasteiger partial charge in [-0.05, 0) is 31.6 Å². The molecule has 2 bridgehead atoms. The van der Waals surface area contributed by atoms with E-state index >= 15 is 0 Å². The van der Waals surface area contributed by atoms with Gasteiger partial charge in [0.15, 0.2) is 0 Å². The van der Waals surface area contributed by atoms with Crippen LogP contribution in [0, 0.1) is 5.92 Å². The summed E-state index contributed by atoms with van der Waals surface area (Å²) in [6, 6.07) is 1.20. The van der Waals surface area contributed by atoms with Gasteiger partial charge in [-0.3, -0.25) is 0 Å². The van der Waals surface area contributed by atoms with Gasteiger partial charge < -0.3 is 5.32 Å². The van der Waals surface area contributed by atoms with E-state index in [2.05, 4.69) is 10.0 Å². The summed E-state index contributed by atoms with van der Waals surface area (Å²) in [6.07, 6.45) is 5.30. The second-order valence-corrected chi connectivity index (χ2v) is 6.99. The first kappa shape index (κ1) is 12.3. The molecule has 2 N–H and O–H groups in total. The molecular formula is C11H22N2O2S. The fourth-order valence-electron chi connectivity index (χ4n) is 2.80. The lowest BCUT2D eigenvalue weighted by Gasteiger charge is -2.20. The van der Waals surface area contributed by atoms with E-state index in [1.54, 1.807) is 0 Å². The van der Waals surface area contributed by atoms with Gasteiger partial charge in [0.05, 0.1) is 5.75 Å². The van der Waals surface area contributed by atoms with Crippen molar-refractivity contribution in [3.8, 4) is 0 Å². The summed E-state index contributed by atoms with van der Waals surface area (Å²) in [5.74, 6) is 0.785. The summed E-state index contributed by atoms with van der Waals surface area (Å²) in [5.41, 5.74) is 0. The first-order valence-corrected chi connectivity index (χ1v) is 7.99. The number of unbranched alkanes of at least 4 members (excludes halogenated alkanes) is 1. The van der Waals surface area contributed by atoms with Crippen molar-refractivity contribution >= 4 is 10.0 Å². The molecule has 5 heteroatoms. The average molecular weight is 246 g/mol. The Hall–Kier alpha value is -0.130. The monoisotopic (exact) mass is 246 g/mol. The van der Waals surface area contributed by atoms with E-state index in [0.717, 1.165) is 19.3 Å². The summed E-state index contributed by atoms with van der Waals surface area (Å²) in [7, 11) is -3.03. The molecule has 2 fully saturated rings. The molecule has 16 heavy (non-hydrogen) atoms. The van der Waals surface area contributed by atoms with E-state index in [1.807, 2.05) is 6.92 Å². The first-order valence-electron chi connectivity index (χ1n) is 6.34. The minimum atomic E-state index is -3.03. The van der Waals surface area contributed by atoms with Gasteiger partial charge in [-0.1, -0.05) is 13.3 Å². The zero-order valence-electron chi connectivity index (χ0n) is 9.91. The van der Waals surface area contributed by atoms with Gasteiger partial charge in [0.2, 0.25) is 10.0 Å². The van der Waals surface area contributed by atoms with E-state index < -0.39 is 10.0 Å². The molecule has 0 aromatic heterocycles. The highest BCUT2D eigenvalue weighted by molar-refractivity contribution is 7.89. The minimum absolute atomic E-state index is 0.276. The maximum absolute atomic E-state index is 11.6. The van der Waals surface area contributed by atoms with Crippen LogP contribution in [0.1, 0.15) is 39.0 Å². The zero-order chi connectivity index (χ0) is 11.6. The molecular weight excluding hydrogens is 224 g/mol. The van der Waals surface area contributed by atoms with Gasteiger partial charge in [0.25, 0.3) is 0 Å². The van der Waals surface area contributed by atoms with Crippen LogP contribution in [0.2, 0.25) is 0 Å². The number of sulfonamides is 1. The molecule has 0 amide bonds. The van der Waals surface area contributed by atoms with Crippen LogP contribution in [-0.4, -0.2) is 32.8 Å². The van der Waals surface area contributed by atoms with E-state index in [-0.39, 0.29) is 5.75 Å². The Bertz CT molecular complexity index is 329. The Morgan fingerprint density at radius 1 is 1.38 bits per heavy atom. The predicted molar refractivity (Wildman–Crippen MR) is 64.8 cm³/mol. The molecule has 3 unspecified atom stereocenters. The van der Waals surface area contributed by atoms with E-state index in [9.17, 15) is 8.42 Å². The highest BCUT2D eigenvalue weighted by Crippen LogP contribution is 2.32. The van der Waals surface area contributed by atoms with Gasteiger partial charge in [0.1, 0.15) is 0 Å². The quantitative estimate of drug-likeness (QED) is 0.730. The fraction of sp³-hybridized carbons (Fsp3) is 1.00. The summed E-state index contributed by atoms with van der Waals surface area (Å²) in [4.78, 5) is 0. The molecule has 2 saturated heterocycles. The third-order valence-electron chi connectivity index (χ3n) is 3.76. The summed E-state index contributed by atoms with van der Waals surface area (Å²) in [5, 5.41) is 3.52. The Labute approximate surface area is 98.2 Å². The number of rotatable bonds is 6. The molecule has 2 aliphatic heterocycles. The fourth-order valence-corrected chi connectivity index (χ4v) is 4.08. The van der Waals surface area contributed by atoms with E-state index in [4.69, 9.17) is 0 Å². The number of fused-ring (bicyclic) bond motifs is 2. The second kappa shape index (κ2) is 5.02. The number of hydrogen-bond donors (Lipinski definition) is 2. The molecule has 2 aliphatic rings. The Kier molecular flexibility index (Phi) is 3.87.